The number of aryl methyl sites for hydroxylation is 2. The summed E-state index contributed by atoms with van der Waals surface area (Å²) in [4.78, 5) is 14.4. The van der Waals surface area contributed by atoms with Crippen LogP contribution in [0, 0.1) is 20.8 Å². The van der Waals surface area contributed by atoms with Crippen molar-refractivity contribution in [2.24, 2.45) is 7.05 Å². The van der Waals surface area contributed by atoms with Gasteiger partial charge in [0, 0.05) is 36.7 Å². The largest absolute Gasteiger partial charge is 0.367 e. The molecule has 3 heteroatoms. The second kappa shape index (κ2) is 5.53. The Bertz CT molecular complexity index is 640. The fraction of sp³-hybridized carbons (Fsp3) is 0.353. The van der Waals surface area contributed by atoms with E-state index in [1.165, 1.54) is 5.56 Å². The molecule has 0 fully saturated rings. The van der Waals surface area contributed by atoms with Gasteiger partial charge in [0.1, 0.15) is 0 Å². The number of carbonyl (C=O) groups is 1. The molecule has 2 rings (SSSR count). The Balaban J connectivity index is 2.17. The highest BCUT2D eigenvalue weighted by atomic mass is 16.1. The van der Waals surface area contributed by atoms with Crippen LogP contribution in [0.25, 0.3) is 0 Å². The van der Waals surface area contributed by atoms with Gasteiger partial charge in [0.2, 0.25) is 0 Å². The number of anilines is 1. The number of benzene rings is 1. The SMILES string of the molecule is Cc1cccc(N(C)CC(=O)c2cc(C)n(C)c2C)c1. The molecule has 0 aliphatic rings. The Morgan fingerprint density at radius 2 is 1.90 bits per heavy atom. The smallest absolute Gasteiger partial charge is 0.183 e. The summed E-state index contributed by atoms with van der Waals surface area (Å²) < 4.78 is 2.06. The minimum Gasteiger partial charge on any atom is -0.367 e. The average Bonchev–Trinajstić information content (AvgIpc) is 2.66. The minimum absolute atomic E-state index is 0.162. The van der Waals surface area contributed by atoms with Gasteiger partial charge in [-0.05, 0) is 44.5 Å². The van der Waals surface area contributed by atoms with Crippen molar-refractivity contribution in [3.05, 3.63) is 52.8 Å². The molecule has 3 nitrogen and oxygen atoms in total. The highest BCUT2D eigenvalue weighted by Crippen LogP contribution is 2.17. The Hall–Kier alpha value is -2.03. The second-order valence-electron chi connectivity index (χ2n) is 5.46. The van der Waals surface area contributed by atoms with E-state index in [0.717, 1.165) is 22.6 Å². The molecule has 0 unspecified atom stereocenters. The minimum atomic E-state index is 0.162. The van der Waals surface area contributed by atoms with E-state index in [0.29, 0.717) is 6.54 Å². The maximum atomic E-state index is 12.4. The quantitative estimate of drug-likeness (QED) is 0.797. The molecule has 0 N–H and O–H groups in total. The zero-order valence-corrected chi connectivity index (χ0v) is 12.9. The number of carbonyl (C=O) groups excluding carboxylic acids is 1. The Kier molecular flexibility index (Phi) is 3.98. The van der Waals surface area contributed by atoms with Crippen molar-refractivity contribution in [3.8, 4) is 0 Å². The third-order valence-corrected chi connectivity index (χ3v) is 3.90. The van der Waals surface area contributed by atoms with Crippen LogP contribution in [-0.4, -0.2) is 23.9 Å². The lowest BCUT2D eigenvalue weighted by molar-refractivity contribution is 0.0999. The van der Waals surface area contributed by atoms with Crippen LogP contribution in [0.2, 0.25) is 0 Å². The van der Waals surface area contributed by atoms with Gasteiger partial charge in [-0.15, -0.1) is 0 Å². The van der Waals surface area contributed by atoms with Crippen LogP contribution >= 0.6 is 0 Å². The topological polar surface area (TPSA) is 25.2 Å². The molecule has 0 bridgehead atoms. The van der Waals surface area contributed by atoms with E-state index < -0.39 is 0 Å². The third kappa shape index (κ3) is 2.77. The Morgan fingerprint density at radius 3 is 2.45 bits per heavy atom. The van der Waals surface area contributed by atoms with Gasteiger partial charge in [-0.2, -0.15) is 0 Å². The monoisotopic (exact) mass is 270 g/mol. The van der Waals surface area contributed by atoms with Crippen LogP contribution in [0.5, 0.6) is 0 Å². The summed E-state index contributed by atoms with van der Waals surface area (Å²) >= 11 is 0. The van der Waals surface area contributed by atoms with Crippen LogP contribution in [0.15, 0.2) is 30.3 Å². The fourth-order valence-corrected chi connectivity index (χ4v) is 2.39. The molecule has 0 amide bonds. The molecular formula is C17H22N2O. The van der Waals surface area contributed by atoms with Gasteiger partial charge >= 0.3 is 0 Å². The first-order valence-electron chi connectivity index (χ1n) is 6.84. The molecule has 0 aliphatic carbocycles. The van der Waals surface area contributed by atoms with Crippen LogP contribution in [-0.2, 0) is 7.05 Å². The Labute approximate surface area is 120 Å². The van der Waals surface area contributed by atoms with Crippen LogP contribution < -0.4 is 4.90 Å². The summed E-state index contributed by atoms with van der Waals surface area (Å²) in [6.07, 6.45) is 0. The lowest BCUT2D eigenvalue weighted by Crippen LogP contribution is -2.25. The molecule has 106 valence electrons. The predicted octanol–water partition coefficient (Wildman–Crippen LogP) is 3.27. The standard InChI is InChI=1S/C17H22N2O/c1-12-7-6-8-15(9-12)18(4)11-17(20)16-10-13(2)19(5)14(16)3/h6-10H,11H2,1-5H3. The molecular weight excluding hydrogens is 248 g/mol. The van der Waals surface area contributed by atoms with Crippen LogP contribution in [0.1, 0.15) is 27.3 Å². The summed E-state index contributed by atoms with van der Waals surface area (Å²) in [5, 5.41) is 0. The first-order valence-corrected chi connectivity index (χ1v) is 6.84. The van der Waals surface area contributed by atoms with E-state index in [9.17, 15) is 4.79 Å². The number of hydrogen-bond donors (Lipinski definition) is 0. The second-order valence-corrected chi connectivity index (χ2v) is 5.46. The number of rotatable bonds is 4. The highest BCUT2D eigenvalue weighted by Gasteiger charge is 2.16. The van der Waals surface area contributed by atoms with Crippen molar-refractivity contribution in [3.63, 3.8) is 0 Å². The fourth-order valence-electron chi connectivity index (χ4n) is 2.39. The lowest BCUT2D eigenvalue weighted by Gasteiger charge is -2.18. The molecule has 0 atom stereocenters. The lowest BCUT2D eigenvalue weighted by atomic mass is 10.1. The van der Waals surface area contributed by atoms with Gasteiger partial charge in [-0.25, -0.2) is 0 Å². The summed E-state index contributed by atoms with van der Waals surface area (Å²) in [6, 6.07) is 10.2. The zero-order valence-electron chi connectivity index (χ0n) is 12.9. The number of aromatic nitrogens is 1. The molecule has 0 saturated heterocycles. The molecule has 0 radical (unpaired) electrons. The molecule has 20 heavy (non-hydrogen) atoms. The van der Waals surface area contributed by atoms with Gasteiger partial charge in [-0.1, -0.05) is 12.1 Å². The first-order chi connectivity index (χ1) is 9.40. The summed E-state index contributed by atoms with van der Waals surface area (Å²) in [5.41, 5.74) is 5.25. The van der Waals surface area contributed by atoms with Crippen molar-refractivity contribution >= 4 is 11.5 Å². The van der Waals surface area contributed by atoms with E-state index in [1.54, 1.807) is 0 Å². The van der Waals surface area contributed by atoms with Crippen molar-refractivity contribution in [2.45, 2.75) is 20.8 Å². The zero-order chi connectivity index (χ0) is 14.9. The third-order valence-electron chi connectivity index (χ3n) is 3.90. The van der Waals surface area contributed by atoms with Gasteiger partial charge in [0.15, 0.2) is 5.78 Å². The van der Waals surface area contributed by atoms with Gasteiger partial charge in [-0.3, -0.25) is 4.79 Å². The summed E-state index contributed by atoms with van der Waals surface area (Å²) in [5.74, 6) is 0.162. The van der Waals surface area contributed by atoms with Gasteiger partial charge < -0.3 is 9.47 Å². The molecule has 0 spiro atoms. The number of ketones is 1. The summed E-state index contributed by atoms with van der Waals surface area (Å²) in [7, 11) is 3.95. The van der Waals surface area contributed by atoms with E-state index >= 15 is 0 Å². The van der Waals surface area contributed by atoms with Crippen LogP contribution in [0.3, 0.4) is 0 Å². The van der Waals surface area contributed by atoms with Crippen LogP contribution in [0.4, 0.5) is 5.69 Å². The number of likely N-dealkylation sites (N-methyl/N-ethyl adjacent to an activating group) is 1. The Morgan fingerprint density at radius 1 is 1.20 bits per heavy atom. The number of nitrogens with zero attached hydrogens (tertiary/aromatic N) is 2. The normalized spacial score (nSPS) is 10.7. The molecule has 1 heterocycles. The molecule has 0 aliphatic heterocycles. The first kappa shape index (κ1) is 14.4. The van der Waals surface area contributed by atoms with Gasteiger partial charge in [0.05, 0.1) is 6.54 Å². The predicted molar refractivity (Wildman–Crippen MR) is 83.7 cm³/mol. The van der Waals surface area contributed by atoms with E-state index in [-0.39, 0.29) is 5.78 Å². The van der Waals surface area contributed by atoms with Crippen molar-refractivity contribution < 1.29 is 4.79 Å². The van der Waals surface area contributed by atoms with E-state index in [1.807, 2.05) is 51.0 Å². The van der Waals surface area contributed by atoms with Crippen molar-refractivity contribution in [2.75, 3.05) is 18.5 Å². The van der Waals surface area contributed by atoms with Crippen molar-refractivity contribution in [1.29, 1.82) is 0 Å². The average molecular weight is 270 g/mol. The molecule has 0 saturated carbocycles. The van der Waals surface area contributed by atoms with Crippen molar-refractivity contribution in [1.82, 2.24) is 4.57 Å². The maximum Gasteiger partial charge on any atom is 0.183 e. The molecule has 2 aromatic rings. The molecule has 1 aromatic heterocycles. The number of hydrogen-bond acceptors (Lipinski definition) is 2. The van der Waals surface area contributed by atoms with E-state index in [2.05, 4.69) is 23.6 Å². The van der Waals surface area contributed by atoms with Gasteiger partial charge in [0.25, 0.3) is 0 Å². The molecule has 1 aromatic carbocycles. The highest BCUT2D eigenvalue weighted by molar-refractivity contribution is 6.00. The number of Topliss-reactive ketones (excluding diaryl/α,β-unsaturated/α-hetero) is 1. The summed E-state index contributed by atoms with van der Waals surface area (Å²) in [6.45, 7) is 6.47. The maximum absolute atomic E-state index is 12.4. The van der Waals surface area contributed by atoms with E-state index in [4.69, 9.17) is 0 Å².